The molecule has 0 saturated carbocycles. The SMILES string of the molecule is CCN(CC)c1nc(F)c(F)c(S(=O)(=O)CCN2CCOCC2)c1F. The highest BCUT2D eigenvalue weighted by Crippen LogP contribution is 2.28. The molecule has 2 heterocycles. The van der Waals surface area contributed by atoms with E-state index in [9.17, 15) is 21.6 Å². The highest BCUT2D eigenvalue weighted by atomic mass is 32.2. The van der Waals surface area contributed by atoms with Crippen molar-refractivity contribution in [2.45, 2.75) is 18.7 Å². The van der Waals surface area contributed by atoms with Gasteiger partial charge in [0.25, 0.3) is 5.95 Å². The number of rotatable bonds is 7. The molecule has 0 amide bonds. The Hall–Kier alpha value is -1.39. The van der Waals surface area contributed by atoms with Crippen LogP contribution in [0.25, 0.3) is 0 Å². The Balaban J connectivity index is 2.35. The van der Waals surface area contributed by atoms with Gasteiger partial charge in [-0.3, -0.25) is 4.90 Å². The number of halogens is 3. The Kier molecular flexibility index (Phi) is 6.64. The minimum atomic E-state index is -4.36. The molecular weight excluding hydrogens is 359 g/mol. The van der Waals surface area contributed by atoms with Crippen molar-refractivity contribution < 1.29 is 26.3 Å². The molecule has 0 aromatic carbocycles. The third-order valence-electron chi connectivity index (χ3n) is 4.13. The van der Waals surface area contributed by atoms with Crippen molar-refractivity contribution in [3.8, 4) is 0 Å². The summed E-state index contributed by atoms with van der Waals surface area (Å²) in [5.41, 5.74) is 0. The van der Waals surface area contributed by atoms with E-state index in [-0.39, 0.29) is 19.6 Å². The van der Waals surface area contributed by atoms with E-state index >= 15 is 0 Å². The molecule has 6 nitrogen and oxygen atoms in total. The summed E-state index contributed by atoms with van der Waals surface area (Å²) in [6, 6.07) is 0. The van der Waals surface area contributed by atoms with E-state index in [0.717, 1.165) is 0 Å². The number of aromatic nitrogens is 1. The molecule has 25 heavy (non-hydrogen) atoms. The average molecular weight is 381 g/mol. The molecule has 0 radical (unpaired) electrons. The quantitative estimate of drug-likeness (QED) is 0.667. The maximum absolute atomic E-state index is 14.7. The molecule has 0 N–H and O–H groups in total. The molecule has 10 heteroatoms. The maximum atomic E-state index is 14.7. The smallest absolute Gasteiger partial charge is 0.252 e. The van der Waals surface area contributed by atoms with Crippen LogP contribution in [0.4, 0.5) is 19.0 Å². The Morgan fingerprint density at radius 3 is 2.28 bits per heavy atom. The first-order chi connectivity index (χ1) is 11.8. The van der Waals surface area contributed by atoms with Crippen LogP contribution in [0.2, 0.25) is 0 Å². The average Bonchev–Trinajstić information content (AvgIpc) is 2.59. The minimum absolute atomic E-state index is 0.0924. The minimum Gasteiger partial charge on any atom is -0.379 e. The zero-order chi connectivity index (χ0) is 18.6. The van der Waals surface area contributed by atoms with Crippen LogP contribution in [0.3, 0.4) is 0 Å². The van der Waals surface area contributed by atoms with E-state index in [4.69, 9.17) is 4.74 Å². The molecular formula is C15H22F3N3O3S. The molecule has 2 rings (SSSR count). The lowest BCUT2D eigenvalue weighted by molar-refractivity contribution is 0.0408. The van der Waals surface area contributed by atoms with Crippen LogP contribution in [-0.4, -0.2) is 70.0 Å². The number of pyridine rings is 1. The monoisotopic (exact) mass is 381 g/mol. The van der Waals surface area contributed by atoms with Crippen molar-refractivity contribution in [2.24, 2.45) is 0 Å². The molecule has 1 saturated heterocycles. The Bertz CT molecular complexity index is 706. The fraction of sp³-hybridized carbons (Fsp3) is 0.667. The Morgan fingerprint density at radius 1 is 1.12 bits per heavy atom. The predicted molar refractivity (Wildman–Crippen MR) is 87.0 cm³/mol. The van der Waals surface area contributed by atoms with Crippen LogP contribution in [-0.2, 0) is 14.6 Å². The normalized spacial score (nSPS) is 16.2. The van der Waals surface area contributed by atoms with E-state index in [1.807, 2.05) is 4.90 Å². The fourth-order valence-corrected chi connectivity index (χ4v) is 4.09. The van der Waals surface area contributed by atoms with Gasteiger partial charge in [-0.25, -0.2) is 17.2 Å². The van der Waals surface area contributed by atoms with E-state index in [1.165, 1.54) is 4.90 Å². The summed E-state index contributed by atoms with van der Waals surface area (Å²) in [5, 5.41) is 0. The second-order valence-corrected chi connectivity index (χ2v) is 7.67. The lowest BCUT2D eigenvalue weighted by atomic mass is 10.3. The van der Waals surface area contributed by atoms with Crippen LogP contribution in [0.1, 0.15) is 13.8 Å². The number of morpholine rings is 1. The van der Waals surface area contributed by atoms with Crippen molar-refractivity contribution in [1.29, 1.82) is 0 Å². The van der Waals surface area contributed by atoms with E-state index in [2.05, 4.69) is 4.98 Å². The van der Waals surface area contributed by atoms with E-state index < -0.39 is 43.9 Å². The number of sulfone groups is 1. The number of hydrogen-bond acceptors (Lipinski definition) is 6. The third kappa shape index (κ3) is 4.42. The molecule has 1 aromatic heterocycles. The molecule has 0 bridgehead atoms. The first kappa shape index (κ1) is 19.9. The van der Waals surface area contributed by atoms with Gasteiger partial charge in [0.1, 0.15) is 4.90 Å². The molecule has 0 spiro atoms. The zero-order valence-corrected chi connectivity index (χ0v) is 15.1. The molecule has 142 valence electrons. The van der Waals surface area contributed by atoms with Crippen LogP contribution < -0.4 is 4.90 Å². The number of anilines is 1. The van der Waals surface area contributed by atoms with Crippen molar-refractivity contribution in [1.82, 2.24) is 9.88 Å². The number of hydrogen-bond donors (Lipinski definition) is 0. The van der Waals surface area contributed by atoms with Gasteiger partial charge < -0.3 is 9.64 Å². The molecule has 0 atom stereocenters. The summed E-state index contributed by atoms with van der Waals surface area (Å²) in [7, 11) is -4.36. The number of ether oxygens (including phenoxy) is 1. The van der Waals surface area contributed by atoms with Gasteiger partial charge in [-0.05, 0) is 13.8 Å². The molecule has 0 unspecified atom stereocenters. The molecule has 1 fully saturated rings. The van der Waals surface area contributed by atoms with Crippen molar-refractivity contribution in [3.63, 3.8) is 0 Å². The van der Waals surface area contributed by atoms with E-state index in [0.29, 0.717) is 26.3 Å². The first-order valence-corrected chi connectivity index (χ1v) is 9.79. The lowest BCUT2D eigenvalue weighted by Gasteiger charge is -2.26. The van der Waals surface area contributed by atoms with Crippen LogP contribution >= 0.6 is 0 Å². The summed E-state index contributed by atoms with van der Waals surface area (Å²) in [6.07, 6.45) is 0. The maximum Gasteiger partial charge on any atom is 0.252 e. The zero-order valence-electron chi connectivity index (χ0n) is 14.3. The predicted octanol–water partition coefficient (Wildman–Crippen LogP) is 1.45. The van der Waals surface area contributed by atoms with Crippen LogP contribution in [0.5, 0.6) is 0 Å². The second-order valence-electron chi connectivity index (χ2n) is 5.63. The largest absolute Gasteiger partial charge is 0.379 e. The second kappa shape index (κ2) is 8.33. The Morgan fingerprint density at radius 2 is 1.72 bits per heavy atom. The standard InChI is InChI=1S/C15H22F3N3O3S/c1-3-21(4-2)15-12(17)13(11(16)14(18)19-15)25(22,23)10-7-20-5-8-24-9-6-20/h3-10H2,1-2H3. The van der Waals surface area contributed by atoms with Gasteiger partial charge in [0.05, 0.1) is 19.0 Å². The summed E-state index contributed by atoms with van der Waals surface area (Å²) in [5.74, 6) is -5.73. The summed E-state index contributed by atoms with van der Waals surface area (Å²) >= 11 is 0. The van der Waals surface area contributed by atoms with Gasteiger partial charge in [0.2, 0.25) is 0 Å². The topological polar surface area (TPSA) is 62.7 Å². The summed E-state index contributed by atoms with van der Waals surface area (Å²) in [6.45, 7) is 6.02. The van der Waals surface area contributed by atoms with Gasteiger partial charge >= 0.3 is 0 Å². The van der Waals surface area contributed by atoms with Gasteiger partial charge in [-0.1, -0.05) is 0 Å². The summed E-state index contributed by atoms with van der Waals surface area (Å²) < 4.78 is 72.6. The summed E-state index contributed by atoms with van der Waals surface area (Å²) in [4.78, 5) is 5.17. The van der Waals surface area contributed by atoms with Crippen LogP contribution in [0, 0.1) is 17.6 Å². The lowest BCUT2D eigenvalue weighted by Crippen LogP contribution is -2.39. The fourth-order valence-electron chi connectivity index (χ4n) is 2.66. The van der Waals surface area contributed by atoms with Gasteiger partial charge in [-0.2, -0.15) is 9.37 Å². The molecule has 1 aliphatic heterocycles. The van der Waals surface area contributed by atoms with Gasteiger partial charge in [-0.15, -0.1) is 0 Å². The van der Waals surface area contributed by atoms with Crippen molar-refractivity contribution in [3.05, 3.63) is 17.6 Å². The van der Waals surface area contributed by atoms with E-state index in [1.54, 1.807) is 13.8 Å². The van der Waals surface area contributed by atoms with Crippen molar-refractivity contribution in [2.75, 3.05) is 56.6 Å². The highest BCUT2D eigenvalue weighted by molar-refractivity contribution is 7.91. The molecule has 0 aliphatic carbocycles. The molecule has 1 aliphatic rings. The van der Waals surface area contributed by atoms with Gasteiger partial charge in [0, 0.05) is 32.7 Å². The van der Waals surface area contributed by atoms with Gasteiger partial charge in [0.15, 0.2) is 27.3 Å². The molecule has 1 aromatic rings. The number of nitrogens with zero attached hydrogens (tertiary/aromatic N) is 3. The third-order valence-corrected chi connectivity index (χ3v) is 5.83. The highest BCUT2D eigenvalue weighted by Gasteiger charge is 2.32. The first-order valence-electron chi connectivity index (χ1n) is 8.14. The van der Waals surface area contributed by atoms with Crippen LogP contribution in [0.15, 0.2) is 4.90 Å². The Labute approximate surface area is 145 Å². The van der Waals surface area contributed by atoms with Crippen molar-refractivity contribution >= 4 is 15.7 Å².